The Morgan fingerprint density at radius 1 is 1.21 bits per heavy atom. The quantitative estimate of drug-likeness (QED) is 0.917. The van der Waals surface area contributed by atoms with E-state index in [1.807, 2.05) is 6.92 Å². The Morgan fingerprint density at radius 3 is 2.47 bits per heavy atom. The molecule has 1 heterocycles. The lowest BCUT2D eigenvalue weighted by molar-refractivity contribution is 0.412. The fraction of sp³-hybridized carbons (Fsp3) is 0.214. The summed E-state index contributed by atoms with van der Waals surface area (Å²) in [7, 11) is 1.47. The van der Waals surface area contributed by atoms with Crippen molar-refractivity contribution in [2.24, 2.45) is 0 Å². The summed E-state index contributed by atoms with van der Waals surface area (Å²) in [5.74, 6) is 0.558. The number of hydrogen-bond acceptors (Lipinski definition) is 4. The largest absolute Gasteiger partial charge is 0.507 e. The lowest BCUT2D eigenvalue weighted by Gasteiger charge is -2.12. The van der Waals surface area contributed by atoms with Crippen molar-refractivity contribution in [2.45, 2.75) is 13.8 Å². The number of hydrogen-bond donors (Lipinski definition) is 1. The van der Waals surface area contributed by atoms with Gasteiger partial charge in [-0.05, 0) is 31.5 Å². The highest BCUT2D eigenvalue weighted by Crippen LogP contribution is 2.39. The smallest absolute Gasteiger partial charge is 0.347 e. The summed E-state index contributed by atoms with van der Waals surface area (Å²) in [6.45, 7) is 3.44. The van der Waals surface area contributed by atoms with Gasteiger partial charge in [0.05, 0.1) is 17.7 Å². The molecule has 2 rings (SSSR count). The van der Waals surface area contributed by atoms with Crippen LogP contribution in [-0.4, -0.2) is 12.2 Å². The van der Waals surface area contributed by atoms with Gasteiger partial charge in [-0.3, -0.25) is 0 Å². The van der Waals surface area contributed by atoms with E-state index < -0.39 is 5.63 Å². The Bertz CT molecular complexity index is 689. The Hall–Kier alpha value is -1.94. The van der Waals surface area contributed by atoms with Gasteiger partial charge in [-0.15, -0.1) is 0 Å². The molecule has 0 bridgehead atoms. The third kappa shape index (κ3) is 2.44. The Balaban J connectivity index is 2.83. The highest BCUT2D eigenvalue weighted by Gasteiger charge is 2.20. The summed E-state index contributed by atoms with van der Waals surface area (Å²) in [6.07, 6.45) is 0. The second-order valence-electron chi connectivity index (χ2n) is 4.23. The first-order chi connectivity index (χ1) is 8.93. The summed E-state index contributed by atoms with van der Waals surface area (Å²) in [5, 5.41) is 10.3. The molecule has 2 aromatic rings. The molecule has 0 atom stereocenters. The van der Waals surface area contributed by atoms with E-state index >= 15 is 0 Å². The predicted molar refractivity (Wildman–Crippen MR) is 73.1 cm³/mol. The second kappa shape index (κ2) is 4.97. The van der Waals surface area contributed by atoms with Crippen molar-refractivity contribution in [3.05, 3.63) is 45.0 Å². The van der Waals surface area contributed by atoms with Crippen molar-refractivity contribution in [1.82, 2.24) is 0 Å². The second-order valence-corrected chi connectivity index (χ2v) is 4.64. The van der Waals surface area contributed by atoms with Crippen LogP contribution in [0.1, 0.15) is 11.3 Å². The summed E-state index contributed by atoms with van der Waals surface area (Å²) in [4.78, 5) is 11.9. The van der Waals surface area contributed by atoms with Gasteiger partial charge in [0.2, 0.25) is 0 Å². The van der Waals surface area contributed by atoms with Crippen molar-refractivity contribution < 1.29 is 14.3 Å². The highest BCUT2D eigenvalue weighted by molar-refractivity contribution is 6.33. The predicted octanol–water partition coefficient (Wildman–Crippen LogP) is 3.29. The minimum atomic E-state index is -0.651. The van der Waals surface area contributed by atoms with Gasteiger partial charge in [0.1, 0.15) is 22.8 Å². The van der Waals surface area contributed by atoms with Gasteiger partial charge < -0.3 is 14.3 Å². The molecule has 0 amide bonds. The summed E-state index contributed by atoms with van der Waals surface area (Å²) >= 11 is 6.16. The highest BCUT2D eigenvalue weighted by atomic mass is 35.5. The molecule has 1 N–H and O–H groups in total. The van der Waals surface area contributed by atoms with E-state index in [4.69, 9.17) is 20.8 Å². The van der Waals surface area contributed by atoms with E-state index in [1.54, 1.807) is 19.1 Å². The summed E-state index contributed by atoms with van der Waals surface area (Å²) in [6, 6.07) is 4.80. The first kappa shape index (κ1) is 13.5. The number of halogens is 1. The molecular formula is C14H13ClO4. The SMILES string of the molecule is COc1cc(C)cc(Cl)c1-c1c(O)cc(C)oc1=O. The van der Waals surface area contributed by atoms with Gasteiger partial charge in [-0.25, -0.2) is 4.79 Å². The number of methoxy groups -OCH3 is 1. The number of aromatic hydroxyl groups is 1. The van der Waals surface area contributed by atoms with Gasteiger partial charge >= 0.3 is 5.63 Å². The third-order valence-electron chi connectivity index (χ3n) is 2.72. The van der Waals surface area contributed by atoms with Gasteiger partial charge in [0.15, 0.2) is 0 Å². The van der Waals surface area contributed by atoms with Crippen LogP contribution >= 0.6 is 11.6 Å². The van der Waals surface area contributed by atoms with Crippen LogP contribution in [0.5, 0.6) is 11.5 Å². The van der Waals surface area contributed by atoms with Gasteiger partial charge in [0, 0.05) is 6.07 Å². The van der Waals surface area contributed by atoms with E-state index in [2.05, 4.69) is 0 Å². The molecule has 0 aliphatic rings. The molecule has 0 unspecified atom stereocenters. The summed E-state index contributed by atoms with van der Waals surface area (Å²) < 4.78 is 10.2. The average molecular weight is 281 g/mol. The molecule has 1 aromatic heterocycles. The third-order valence-corrected chi connectivity index (χ3v) is 3.02. The van der Waals surface area contributed by atoms with Crippen LogP contribution in [0.3, 0.4) is 0 Å². The minimum Gasteiger partial charge on any atom is -0.507 e. The Morgan fingerprint density at radius 2 is 1.89 bits per heavy atom. The molecule has 0 aliphatic carbocycles. The van der Waals surface area contributed by atoms with Crippen LogP contribution < -0.4 is 10.4 Å². The van der Waals surface area contributed by atoms with Crippen LogP contribution in [0.4, 0.5) is 0 Å². The molecule has 0 radical (unpaired) electrons. The van der Waals surface area contributed by atoms with E-state index in [0.29, 0.717) is 22.1 Å². The Labute approximate surface area is 115 Å². The zero-order chi connectivity index (χ0) is 14.2. The van der Waals surface area contributed by atoms with Gasteiger partial charge in [-0.2, -0.15) is 0 Å². The molecule has 1 aromatic carbocycles. The average Bonchev–Trinajstić information content (AvgIpc) is 2.29. The zero-order valence-corrected chi connectivity index (χ0v) is 11.5. The first-order valence-electron chi connectivity index (χ1n) is 5.62. The molecule has 0 saturated carbocycles. The van der Waals surface area contributed by atoms with Gasteiger partial charge in [0.25, 0.3) is 0 Å². The lowest BCUT2D eigenvalue weighted by Crippen LogP contribution is -2.05. The maximum atomic E-state index is 11.9. The molecule has 0 saturated heterocycles. The van der Waals surface area contributed by atoms with Crippen molar-refractivity contribution in [2.75, 3.05) is 7.11 Å². The van der Waals surface area contributed by atoms with Crippen molar-refractivity contribution in [1.29, 1.82) is 0 Å². The van der Waals surface area contributed by atoms with Crippen LogP contribution in [0.15, 0.2) is 27.4 Å². The molecule has 0 fully saturated rings. The number of aryl methyl sites for hydroxylation is 2. The number of benzene rings is 1. The summed E-state index contributed by atoms with van der Waals surface area (Å²) in [5.41, 5.74) is 0.580. The molecule has 100 valence electrons. The molecule has 5 heteroatoms. The fourth-order valence-corrected chi connectivity index (χ4v) is 2.30. The Kier molecular flexibility index (Phi) is 3.53. The van der Waals surface area contributed by atoms with Crippen LogP contribution in [0, 0.1) is 13.8 Å². The maximum Gasteiger partial charge on any atom is 0.347 e. The zero-order valence-electron chi connectivity index (χ0n) is 10.8. The minimum absolute atomic E-state index is 0.00690. The van der Waals surface area contributed by atoms with Gasteiger partial charge in [-0.1, -0.05) is 11.6 Å². The van der Waals surface area contributed by atoms with Crippen molar-refractivity contribution >= 4 is 11.6 Å². The van der Waals surface area contributed by atoms with Crippen LogP contribution in [-0.2, 0) is 0 Å². The van der Waals surface area contributed by atoms with Crippen molar-refractivity contribution in [3.63, 3.8) is 0 Å². The monoisotopic (exact) mass is 280 g/mol. The first-order valence-corrected chi connectivity index (χ1v) is 6.00. The molecule has 0 spiro atoms. The van der Waals surface area contributed by atoms with E-state index in [-0.39, 0.29) is 11.3 Å². The number of rotatable bonds is 2. The normalized spacial score (nSPS) is 10.5. The van der Waals surface area contributed by atoms with Crippen LogP contribution in [0.25, 0.3) is 11.1 Å². The molecule has 4 nitrogen and oxygen atoms in total. The van der Waals surface area contributed by atoms with E-state index in [9.17, 15) is 9.90 Å². The molecule has 0 aliphatic heterocycles. The lowest BCUT2D eigenvalue weighted by atomic mass is 10.0. The molecule has 19 heavy (non-hydrogen) atoms. The molecular weight excluding hydrogens is 268 g/mol. The van der Waals surface area contributed by atoms with E-state index in [1.165, 1.54) is 13.2 Å². The van der Waals surface area contributed by atoms with E-state index in [0.717, 1.165) is 5.56 Å². The maximum absolute atomic E-state index is 11.9. The standard InChI is InChI=1S/C14H13ClO4/c1-7-4-9(15)12(11(5-7)18-3)13-10(16)6-8(2)19-14(13)17/h4-6,16H,1-3H3. The van der Waals surface area contributed by atoms with Crippen molar-refractivity contribution in [3.8, 4) is 22.6 Å². The van der Waals surface area contributed by atoms with Crippen LogP contribution in [0.2, 0.25) is 5.02 Å². The topological polar surface area (TPSA) is 59.7 Å². The fourth-order valence-electron chi connectivity index (χ4n) is 1.94. The number of ether oxygens (including phenoxy) is 1.